The van der Waals surface area contributed by atoms with Crippen LogP contribution in [-0.4, -0.2) is 49.2 Å². The van der Waals surface area contributed by atoms with Crippen LogP contribution in [0.25, 0.3) is 0 Å². The first-order chi connectivity index (χ1) is 16.0. The third-order valence-electron chi connectivity index (χ3n) is 7.43. The largest absolute Gasteiger partial charge is 0.379 e. The average molecular weight is 456 g/mol. The molecular weight excluding hydrogens is 424 g/mol. The Balaban J connectivity index is 1.23. The smallest absolute Gasteiger partial charge is 0.247 e. The number of aryl methyl sites for hydroxylation is 1. The van der Waals surface area contributed by atoms with Crippen LogP contribution in [0.4, 0.5) is 20.2 Å². The summed E-state index contributed by atoms with van der Waals surface area (Å²) in [4.78, 5) is 15.4. The van der Waals surface area contributed by atoms with Crippen molar-refractivity contribution in [1.29, 1.82) is 0 Å². The fourth-order valence-electron chi connectivity index (χ4n) is 5.59. The zero-order valence-corrected chi connectivity index (χ0v) is 19.0. The van der Waals surface area contributed by atoms with Crippen molar-refractivity contribution in [3.8, 4) is 0 Å². The van der Waals surface area contributed by atoms with Gasteiger partial charge in [-0.15, -0.1) is 0 Å². The van der Waals surface area contributed by atoms with Crippen LogP contribution in [0.15, 0.2) is 30.3 Å². The van der Waals surface area contributed by atoms with Gasteiger partial charge in [-0.1, -0.05) is 6.07 Å². The Morgan fingerprint density at radius 2 is 1.85 bits per heavy atom. The van der Waals surface area contributed by atoms with Crippen LogP contribution >= 0.6 is 0 Å². The average Bonchev–Trinajstić information content (AvgIpc) is 3.29. The minimum absolute atomic E-state index is 0.280. The van der Waals surface area contributed by atoms with E-state index in [-0.39, 0.29) is 24.0 Å². The lowest BCUT2D eigenvalue weighted by Gasteiger charge is -2.39. The topological polar surface area (TPSA) is 53.6 Å². The highest BCUT2D eigenvalue weighted by Crippen LogP contribution is 2.37. The highest BCUT2D eigenvalue weighted by molar-refractivity contribution is 5.98. The Kier molecular flexibility index (Phi) is 6.34. The van der Waals surface area contributed by atoms with E-state index in [0.29, 0.717) is 28.9 Å². The Bertz CT molecular complexity index is 999. The summed E-state index contributed by atoms with van der Waals surface area (Å²) >= 11 is 0. The van der Waals surface area contributed by atoms with Crippen LogP contribution in [0.1, 0.15) is 48.3 Å². The Hall–Kier alpha value is -2.51. The molecule has 2 aliphatic heterocycles. The molecule has 176 valence electrons. The lowest BCUT2D eigenvalue weighted by molar-refractivity contribution is -0.116. The van der Waals surface area contributed by atoms with E-state index >= 15 is 0 Å². The number of benzene rings is 2. The van der Waals surface area contributed by atoms with E-state index < -0.39 is 6.04 Å². The number of amides is 1. The normalized spacial score (nSPS) is 25.4. The molecule has 5 rings (SSSR count). The molecule has 1 amide bonds. The predicted molar refractivity (Wildman–Crippen MR) is 125 cm³/mol. The second kappa shape index (κ2) is 9.39. The highest BCUT2D eigenvalue weighted by atomic mass is 19.1. The van der Waals surface area contributed by atoms with Crippen LogP contribution in [0.3, 0.4) is 0 Å². The van der Waals surface area contributed by atoms with Crippen LogP contribution in [0.5, 0.6) is 0 Å². The molecule has 5 nitrogen and oxygen atoms in total. The van der Waals surface area contributed by atoms with Crippen molar-refractivity contribution >= 4 is 17.3 Å². The molecular formula is C26H31F2N3O2. The number of fused-ring (bicyclic) bond motifs is 1. The number of hydrogen-bond donors (Lipinski definition) is 2. The van der Waals surface area contributed by atoms with Crippen molar-refractivity contribution in [3.63, 3.8) is 0 Å². The number of anilines is 2. The number of rotatable bonds is 4. The van der Waals surface area contributed by atoms with E-state index in [4.69, 9.17) is 4.74 Å². The SMILES string of the molecule is Cc1ccc(F)c2c1NC(C(=O)Nc1cc(F)cc(C3CCC(N4CCOCC4)CC3)c1)C2. The highest BCUT2D eigenvalue weighted by Gasteiger charge is 2.31. The molecule has 2 heterocycles. The number of morpholine rings is 1. The first kappa shape index (κ1) is 22.3. The van der Waals surface area contributed by atoms with Crippen molar-refractivity contribution < 1.29 is 18.3 Å². The predicted octanol–water partition coefficient (Wildman–Crippen LogP) is 4.61. The number of nitrogens with zero attached hydrogens (tertiary/aromatic N) is 1. The summed E-state index contributed by atoms with van der Waals surface area (Å²) in [5, 5.41) is 5.99. The van der Waals surface area contributed by atoms with Gasteiger partial charge in [-0.2, -0.15) is 0 Å². The van der Waals surface area contributed by atoms with Crippen molar-refractivity contribution in [2.45, 2.75) is 57.0 Å². The number of halogens is 2. The number of carbonyl (C=O) groups is 1. The van der Waals surface area contributed by atoms with Crippen LogP contribution in [0, 0.1) is 18.6 Å². The Morgan fingerprint density at radius 3 is 2.58 bits per heavy atom. The van der Waals surface area contributed by atoms with Gasteiger partial charge in [0.15, 0.2) is 0 Å². The van der Waals surface area contributed by atoms with E-state index in [1.54, 1.807) is 12.1 Å². The fourth-order valence-corrected chi connectivity index (χ4v) is 5.59. The monoisotopic (exact) mass is 455 g/mol. The molecule has 2 N–H and O–H groups in total. The molecule has 1 saturated heterocycles. The van der Waals surface area contributed by atoms with Gasteiger partial charge in [0.1, 0.15) is 17.7 Å². The second-order valence-electron chi connectivity index (χ2n) is 9.54. The molecule has 0 bridgehead atoms. The van der Waals surface area contributed by atoms with E-state index in [9.17, 15) is 13.6 Å². The second-order valence-corrected chi connectivity index (χ2v) is 9.54. The molecule has 1 saturated carbocycles. The molecule has 0 radical (unpaired) electrons. The molecule has 2 fully saturated rings. The lowest BCUT2D eigenvalue weighted by atomic mass is 9.81. The lowest BCUT2D eigenvalue weighted by Crippen LogP contribution is -2.44. The van der Waals surface area contributed by atoms with Crippen LogP contribution in [-0.2, 0) is 16.0 Å². The quantitative estimate of drug-likeness (QED) is 0.707. The Morgan fingerprint density at radius 1 is 1.09 bits per heavy atom. The summed E-state index contributed by atoms with van der Waals surface area (Å²) in [6.07, 6.45) is 4.49. The first-order valence-corrected chi connectivity index (χ1v) is 12.0. The van der Waals surface area contributed by atoms with Gasteiger partial charge in [0.05, 0.1) is 13.2 Å². The maximum atomic E-state index is 14.5. The van der Waals surface area contributed by atoms with Crippen molar-refractivity contribution in [1.82, 2.24) is 4.90 Å². The summed E-state index contributed by atoms with van der Waals surface area (Å²) < 4.78 is 34.1. The molecule has 1 atom stereocenters. The summed E-state index contributed by atoms with van der Waals surface area (Å²) in [7, 11) is 0. The van der Waals surface area contributed by atoms with Gasteiger partial charge in [-0.25, -0.2) is 8.78 Å². The maximum Gasteiger partial charge on any atom is 0.247 e. The summed E-state index contributed by atoms with van der Waals surface area (Å²) in [6, 6.07) is 7.99. The molecule has 3 aliphatic rings. The molecule has 1 unspecified atom stereocenters. The number of nitrogens with one attached hydrogen (secondary N) is 2. The molecule has 33 heavy (non-hydrogen) atoms. The summed E-state index contributed by atoms with van der Waals surface area (Å²) in [5.74, 6) is -0.640. The van der Waals surface area contributed by atoms with Gasteiger partial charge in [0, 0.05) is 42.5 Å². The molecule has 2 aromatic carbocycles. The molecule has 0 aromatic heterocycles. The van der Waals surface area contributed by atoms with E-state index in [2.05, 4.69) is 15.5 Å². The minimum Gasteiger partial charge on any atom is -0.379 e. The Labute approximate surface area is 193 Å². The third-order valence-corrected chi connectivity index (χ3v) is 7.43. The number of carbonyl (C=O) groups excluding carboxylic acids is 1. The zero-order valence-electron chi connectivity index (χ0n) is 19.0. The minimum atomic E-state index is -0.578. The molecule has 0 spiro atoms. The molecule has 2 aromatic rings. The third kappa shape index (κ3) is 4.75. The standard InChI is InChI=1S/C26H31F2N3O2/c1-16-2-7-23(28)22-15-24(30-25(16)22)26(32)29-20-13-18(12-19(27)14-20)17-3-5-21(6-4-17)31-8-10-33-11-9-31/h2,7,12-14,17,21,24,30H,3-6,8-11,15H2,1H3,(H,29,32). The van der Waals surface area contributed by atoms with Gasteiger partial charge >= 0.3 is 0 Å². The van der Waals surface area contributed by atoms with E-state index in [1.807, 2.05) is 13.0 Å². The van der Waals surface area contributed by atoms with Crippen LogP contribution in [0.2, 0.25) is 0 Å². The van der Waals surface area contributed by atoms with Gasteiger partial charge in [-0.3, -0.25) is 9.69 Å². The fraction of sp³-hybridized carbons (Fsp3) is 0.500. The van der Waals surface area contributed by atoms with Crippen LogP contribution < -0.4 is 10.6 Å². The van der Waals surface area contributed by atoms with Gasteiger partial charge in [-0.05, 0) is 73.9 Å². The van der Waals surface area contributed by atoms with Gasteiger partial charge < -0.3 is 15.4 Å². The number of ether oxygens (including phenoxy) is 1. The number of hydrogen-bond acceptors (Lipinski definition) is 4. The van der Waals surface area contributed by atoms with Crippen molar-refractivity contribution in [2.24, 2.45) is 0 Å². The maximum absolute atomic E-state index is 14.5. The van der Waals surface area contributed by atoms with Crippen molar-refractivity contribution in [3.05, 3.63) is 58.7 Å². The van der Waals surface area contributed by atoms with Crippen molar-refractivity contribution in [2.75, 3.05) is 36.9 Å². The summed E-state index contributed by atoms with van der Waals surface area (Å²) in [6.45, 7) is 5.49. The van der Waals surface area contributed by atoms with E-state index in [0.717, 1.165) is 63.1 Å². The summed E-state index contributed by atoms with van der Waals surface area (Å²) in [5.41, 5.74) is 3.53. The van der Waals surface area contributed by atoms with Gasteiger partial charge in [0.25, 0.3) is 0 Å². The first-order valence-electron chi connectivity index (χ1n) is 12.0. The van der Waals surface area contributed by atoms with Gasteiger partial charge in [0.2, 0.25) is 5.91 Å². The molecule has 7 heteroatoms. The zero-order chi connectivity index (χ0) is 22.9. The van der Waals surface area contributed by atoms with E-state index in [1.165, 1.54) is 12.1 Å². The molecule has 1 aliphatic carbocycles.